The number of carbonyl (C=O) groups is 3. The Labute approximate surface area is 252 Å². The van der Waals surface area contributed by atoms with Crippen LogP contribution in [0.2, 0.25) is 0 Å². The van der Waals surface area contributed by atoms with Gasteiger partial charge in [-0.15, -0.1) is 0 Å². The Morgan fingerprint density at radius 3 is 1.85 bits per heavy atom. The molecular weight excluding hydrogens is 575 g/mol. The lowest BCUT2D eigenvalue weighted by molar-refractivity contribution is -0.384. The first-order chi connectivity index (χ1) is 19.6. The molecule has 12 heteroatoms. The molecule has 1 aromatic rings. The number of esters is 2. The van der Waals surface area contributed by atoms with E-state index in [1.165, 1.54) is 82.1 Å². The van der Waals surface area contributed by atoms with Gasteiger partial charge in [-0.3, -0.25) is 19.7 Å². The van der Waals surface area contributed by atoms with Crippen LogP contribution in [0, 0.1) is 10.1 Å². The number of amides is 1. The van der Waals surface area contributed by atoms with E-state index < -0.39 is 53.0 Å². The number of benzene rings is 1. The smallest absolute Gasteiger partial charge is 0.344 e. The van der Waals surface area contributed by atoms with Crippen molar-refractivity contribution in [1.82, 2.24) is 5.32 Å². The van der Waals surface area contributed by atoms with Gasteiger partial charge in [0.25, 0.3) is 11.6 Å². The first kappa shape index (κ1) is 36.6. The maximum atomic E-state index is 12.1. The number of unbranched alkanes of at least 4 members (excludes halogenated alkanes) is 12. The first-order valence-corrected chi connectivity index (χ1v) is 15.3. The van der Waals surface area contributed by atoms with Crippen LogP contribution in [0.15, 0.2) is 24.3 Å². The highest BCUT2D eigenvalue weighted by Gasteiger charge is 2.27. The van der Waals surface area contributed by atoms with Gasteiger partial charge in [0.05, 0.1) is 11.0 Å². The number of non-ortho nitro benzene ring substituents is 1. The van der Waals surface area contributed by atoms with Crippen LogP contribution < -0.4 is 5.32 Å². The van der Waals surface area contributed by atoms with Gasteiger partial charge in [-0.25, -0.2) is 4.79 Å². The maximum absolute atomic E-state index is 12.1. The SMILES string of the molecule is CCCCCCCCCCCCCCCC(=O)OCC(=O)OCC(NC(=O)C(Cl)Cl)C(O)c1ccc([N+](=O)[O-])cc1. The number of hydrogen-bond acceptors (Lipinski definition) is 8. The minimum atomic E-state index is -1.44. The van der Waals surface area contributed by atoms with Crippen molar-refractivity contribution in [1.29, 1.82) is 0 Å². The van der Waals surface area contributed by atoms with E-state index in [0.717, 1.165) is 19.3 Å². The number of nitrogens with one attached hydrogen (secondary N) is 1. The zero-order valence-corrected chi connectivity index (χ0v) is 25.4. The lowest BCUT2D eigenvalue weighted by Crippen LogP contribution is -2.45. The number of aliphatic hydroxyl groups excluding tert-OH is 1. The molecule has 10 nitrogen and oxygen atoms in total. The molecule has 2 atom stereocenters. The Morgan fingerprint density at radius 1 is 0.854 bits per heavy atom. The minimum absolute atomic E-state index is 0.185. The lowest BCUT2D eigenvalue weighted by Gasteiger charge is -2.24. The van der Waals surface area contributed by atoms with Crippen molar-refractivity contribution in [3.63, 3.8) is 0 Å². The third-order valence-corrected chi connectivity index (χ3v) is 7.01. The largest absolute Gasteiger partial charge is 0.461 e. The first-order valence-electron chi connectivity index (χ1n) is 14.5. The van der Waals surface area contributed by atoms with Crippen molar-refractivity contribution in [2.75, 3.05) is 13.2 Å². The number of aliphatic hydroxyl groups is 1. The van der Waals surface area contributed by atoms with Gasteiger partial charge in [-0.05, 0) is 24.1 Å². The summed E-state index contributed by atoms with van der Waals surface area (Å²) in [5, 5.41) is 23.9. The highest BCUT2D eigenvalue weighted by atomic mass is 35.5. The zero-order valence-electron chi connectivity index (χ0n) is 23.9. The average Bonchev–Trinajstić information content (AvgIpc) is 2.95. The molecule has 0 radical (unpaired) electrons. The summed E-state index contributed by atoms with van der Waals surface area (Å²) in [5.74, 6) is -2.21. The lowest BCUT2D eigenvalue weighted by atomic mass is 10.0. The van der Waals surface area contributed by atoms with Gasteiger partial charge in [0.15, 0.2) is 11.4 Å². The molecule has 0 spiro atoms. The summed E-state index contributed by atoms with van der Waals surface area (Å²) in [6.45, 7) is 1.13. The monoisotopic (exact) mass is 618 g/mol. The van der Waals surface area contributed by atoms with Crippen LogP contribution in [-0.4, -0.2) is 52.0 Å². The molecule has 1 aromatic carbocycles. The topological polar surface area (TPSA) is 145 Å². The van der Waals surface area contributed by atoms with Crippen molar-refractivity contribution in [3.8, 4) is 0 Å². The fourth-order valence-corrected chi connectivity index (χ4v) is 4.33. The molecule has 41 heavy (non-hydrogen) atoms. The van der Waals surface area contributed by atoms with E-state index in [9.17, 15) is 29.6 Å². The average molecular weight is 620 g/mol. The van der Waals surface area contributed by atoms with Crippen LogP contribution in [-0.2, 0) is 23.9 Å². The summed E-state index contributed by atoms with van der Waals surface area (Å²) in [5.41, 5.74) is 0.0389. The summed E-state index contributed by atoms with van der Waals surface area (Å²) >= 11 is 11.1. The molecule has 0 heterocycles. The predicted molar refractivity (Wildman–Crippen MR) is 158 cm³/mol. The molecule has 0 bridgehead atoms. The Bertz CT molecular complexity index is 915. The normalized spacial score (nSPS) is 12.5. The number of rotatable bonds is 23. The number of alkyl halides is 2. The molecule has 0 aliphatic rings. The van der Waals surface area contributed by atoms with Crippen LogP contribution in [0.5, 0.6) is 0 Å². The van der Waals surface area contributed by atoms with Gasteiger partial charge < -0.3 is 19.9 Å². The Balaban J connectivity index is 2.29. The third-order valence-electron chi connectivity index (χ3n) is 6.61. The molecule has 2 unspecified atom stereocenters. The van der Waals surface area contributed by atoms with Gasteiger partial charge in [0, 0.05) is 18.6 Å². The summed E-state index contributed by atoms with van der Waals surface area (Å²) < 4.78 is 10.1. The van der Waals surface area contributed by atoms with Crippen LogP contribution in [0.4, 0.5) is 5.69 Å². The Morgan fingerprint density at radius 2 is 1.37 bits per heavy atom. The summed E-state index contributed by atoms with van der Waals surface area (Å²) in [6.07, 6.45) is 14.3. The van der Waals surface area contributed by atoms with Gasteiger partial charge in [0.1, 0.15) is 12.7 Å². The van der Waals surface area contributed by atoms with Gasteiger partial charge in [0.2, 0.25) is 0 Å². The van der Waals surface area contributed by atoms with E-state index >= 15 is 0 Å². The Kier molecular flexibility index (Phi) is 19.8. The highest BCUT2D eigenvalue weighted by Crippen LogP contribution is 2.21. The molecule has 0 saturated carbocycles. The number of carbonyl (C=O) groups excluding carboxylic acids is 3. The molecule has 0 aliphatic carbocycles. The number of halogens is 2. The van der Waals surface area contributed by atoms with E-state index in [0.29, 0.717) is 6.42 Å². The number of nitro groups is 1. The molecule has 2 N–H and O–H groups in total. The van der Waals surface area contributed by atoms with Gasteiger partial charge in [-0.1, -0.05) is 107 Å². The second kappa shape index (κ2) is 22.2. The van der Waals surface area contributed by atoms with Gasteiger partial charge in [-0.2, -0.15) is 0 Å². The zero-order chi connectivity index (χ0) is 30.5. The van der Waals surface area contributed by atoms with Gasteiger partial charge >= 0.3 is 11.9 Å². The third kappa shape index (κ3) is 17.2. The van der Waals surface area contributed by atoms with Crippen molar-refractivity contribution < 1.29 is 33.9 Å². The van der Waals surface area contributed by atoms with E-state index in [4.69, 9.17) is 32.7 Å². The van der Waals surface area contributed by atoms with Crippen LogP contribution in [0.3, 0.4) is 0 Å². The second-order valence-corrected chi connectivity index (χ2v) is 11.1. The van der Waals surface area contributed by atoms with E-state index in [1.807, 2.05) is 0 Å². The number of ether oxygens (including phenoxy) is 2. The molecule has 0 fully saturated rings. The fraction of sp³-hybridized carbons (Fsp3) is 0.690. The summed E-state index contributed by atoms with van der Waals surface area (Å²) in [7, 11) is 0. The number of nitro benzene ring substituents is 1. The molecule has 1 amide bonds. The van der Waals surface area contributed by atoms with Crippen molar-refractivity contribution in [3.05, 3.63) is 39.9 Å². The summed E-state index contributed by atoms with van der Waals surface area (Å²) in [4.78, 5) is 44.9. The molecule has 0 saturated heterocycles. The Hall–Kier alpha value is -2.43. The van der Waals surface area contributed by atoms with Crippen LogP contribution in [0.1, 0.15) is 108 Å². The van der Waals surface area contributed by atoms with Crippen molar-refractivity contribution in [2.24, 2.45) is 0 Å². The van der Waals surface area contributed by atoms with E-state index in [1.54, 1.807) is 0 Å². The standard InChI is InChI=1S/C29H44Cl2N2O8/c1-2-3-4-5-6-7-8-9-10-11-12-13-14-15-25(34)41-21-26(35)40-20-24(32-29(37)28(30)31)27(36)22-16-18-23(19-17-22)33(38)39/h16-19,24,27-28,36H,2-15,20-21H2,1H3,(H,32,37). The molecule has 232 valence electrons. The second-order valence-electron chi connectivity index (χ2n) is 10.0. The molecule has 0 aromatic heterocycles. The van der Waals surface area contributed by atoms with Crippen LogP contribution in [0.25, 0.3) is 0 Å². The van der Waals surface area contributed by atoms with Crippen molar-refractivity contribution >= 4 is 46.7 Å². The van der Waals surface area contributed by atoms with Crippen LogP contribution >= 0.6 is 23.2 Å². The summed E-state index contributed by atoms with van der Waals surface area (Å²) in [6, 6.07) is 3.81. The number of hydrogen-bond donors (Lipinski definition) is 2. The maximum Gasteiger partial charge on any atom is 0.344 e. The predicted octanol–water partition coefficient (Wildman–Crippen LogP) is 6.48. The molecular formula is C29H44Cl2N2O8. The molecule has 0 aliphatic heterocycles. The van der Waals surface area contributed by atoms with Crippen molar-refractivity contribution in [2.45, 2.75) is 114 Å². The van der Waals surface area contributed by atoms with E-state index in [-0.39, 0.29) is 17.7 Å². The molecule has 1 rings (SSSR count). The van der Waals surface area contributed by atoms with E-state index in [2.05, 4.69) is 12.2 Å². The minimum Gasteiger partial charge on any atom is -0.461 e. The highest BCUT2D eigenvalue weighted by molar-refractivity contribution is 6.53. The fourth-order valence-electron chi connectivity index (χ4n) is 4.21. The number of nitrogens with zero attached hydrogens (tertiary/aromatic N) is 1. The quantitative estimate of drug-likeness (QED) is 0.0465.